The van der Waals surface area contributed by atoms with Crippen molar-refractivity contribution in [2.45, 2.75) is 109 Å². The van der Waals surface area contributed by atoms with E-state index in [1.54, 1.807) is 0 Å². The molecule has 0 fully saturated rings. The summed E-state index contributed by atoms with van der Waals surface area (Å²) < 4.78 is 0. The van der Waals surface area contributed by atoms with E-state index in [2.05, 4.69) is 20.3 Å². The summed E-state index contributed by atoms with van der Waals surface area (Å²) in [6.45, 7) is 4.51. The van der Waals surface area contributed by atoms with Gasteiger partial charge in [-0.25, -0.2) is 0 Å². The molecule has 0 aliphatic heterocycles. The molecule has 0 aromatic heterocycles. The highest BCUT2D eigenvalue weighted by atomic mass is 14.9. The van der Waals surface area contributed by atoms with Gasteiger partial charge in [0.25, 0.3) is 0 Å². The van der Waals surface area contributed by atoms with E-state index in [0.29, 0.717) is 0 Å². The van der Waals surface area contributed by atoms with Crippen LogP contribution in [0.3, 0.4) is 0 Å². The molecule has 0 aromatic rings. The molecule has 0 aromatic carbocycles. The van der Waals surface area contributed by atoms with Crippen molar-refractivity contribution in [2.24, 2.45) is 11.5 Å². The summed E-state index contributed by atoms with van der Waals surface area (Å²) in [5.41, 5.74) is 11.8. The van der Waals surface area contributed by atoms with Gasteiger partial charge in [0.2, 0.25) is 0 Å². The predicted molar refractivity (Wildman–Crippen MR) is 91.4 cm³/mol. The van der Waals surface area contributed by atoms with Crippen LogP contribution in [0.1, 0.15) is 104 Å². The molecular weight excluding hydrogens is 244 g/mol. The van der Waals surface area contributed by atoms with Crippen LogP contribution in [0.5, 0.6) is 0 Å². The zero-order chi connectivity index (χ0) is 15.1. The van der Waals surface area contributed by atoms with E-state index in [4.69, 9.17) is 11.5 Å². The van der Waals surface area contributed by atoms with Crippen LogP contribution in [-0.4, -0.2) is 5.66 Å². The molecule has 2 heteroatoms. The van der Waals surface area contributed by atoms with Crippen molar-refractivity contribution >= 4 is 0 Å². The fourth-order valence-electron chi connectivity index (χ4n) is 2.61. The first kappa shape index (κ1) is 19.9. The fraction of sp³-hybridized carbons (Fsp3) is 0.944. The molecule has 0 unspecified atom stereocenters. The fourth-order valence-corrected chi connectivity index (χ4v) is 2.61. The third-order valence-electron chi connectivity index (χ3n) is 4.05. The summed E-state index contributed by atoms with van der Waals surface area (Å²) >= 11 is 0. The van der Waals surface area contributed by atoms with E-state index in [1.807, 2.05) is 0 Å². The predicted octanol–water partition coefficient (Wildman–Crippen LogP) is 5.31. The third-order valence-corrected chi connectivity index (χ3v) is 4.05. The summed E-state index contributed by atoms with van der Waals surface area (Å²) in [6.07, 6.45) is 20.0. The van der Waals surface area contributed by atoms with Crippen molar-refractivity contribution in [1.82, 2.24) is 0 Å². The van der Waals surface area contributed by atoms with Crippen molar-refractivity contribution in [1.29, 1.82) is 0 Å². The molecule has 0 bridgehead atoms. The molecule has 0 rings (SSSR count). The first-order chi connectivity index (χ1) is 9.62. The normalized spacial score (nSPS) is 12.0. The molecule has 0 saturated carbocycles. The van der Waals surface area contributed by atoms with E-state index >= 15 is 0 Å². The Morgan fingerprint density at radius 2 is 1.10 bits per heavy atom. The van der Waals surface area contributed by atoms with E-state index in [1.165, 1.54) is 77.0 Å². The second kappa shape index (κ2) is 13.9. The Morgan fingerprint density at radius 3 is 1.65 bits per heavy atom. The van der Waals surface area contributed by atoms with Crippen LogP contribution >= 0.6 is 0 Å². The lowest BCUT2D eigenvalue weighted by Crippen LogP contribution is -2.49. The molecule has 20 heavy (non-hydrogen) atoms. The van der Waals surface area contributed by atoms with Crippen molar-refractivity contribution in [2.75, 3.05) is 0 Å². The van der Waals surface area contributed by atoms with Gasteiger partial charge < -0.3 is 11.5 Å². The molecule has 0 amide bonds. The van der Waals surface area contributed by atoms with Gasteiger partial charge in [-0.1, -0.05) is 90.9 Å². The number of hydrogen-bond acceptors (Lipinski definition) is 2. The first-order valence-electron chi connectivity index (χ1n) is 9.04. The molecule has 0 spiro atoms. The van der Waals surface area contributed by atoms with Crippen LogP contribution in [-0.2, 0) is 0 Å². The lowest BCUT2D eigenvalue weighted by atomic mass is 9.95. The van der Waals surface area contributed by atoms with Crippen LogP contribution in [0, 0.1) is 6.42 Å². The van der Waals surface area contributed by atoms with Gasteiger partial charge >= 0.3 is 0 Å². The Hall–Kier alpha value is -0.0800. The Labute approximate surface area is 128 Å². The molecule has 121 valence electrons. The van der Waals surface area contributed by atoms with E-state index in [-0.39, 0.29) is 0 Å². The molecule has 0 heterocycles. The molecule has 0 aliphatic carbocycles. The zero-order valence-electron chi connectivity index (χ0n) is 14.1. The first-order valence-corrected chi connectivity index (χ1v) is 9.04. The second-order valence-corrected chi connectivity index (χ2v) is 6.39. The van der Waals surface area contributed by atoms with Crippen LogP contribution in [0.15, 0.2) is 0 Å². The minimum absolute atomic E-state index is 0.534. The van der Waals surface area contributed by atoms with Gasteiger partial charge in [-0.3, -0.25) is 0 Å². The molecule has 1 radical (unpaired) electrons. The van der Waals surface area contributed by atoms with Crippen molar-refractivity contribution < 1.29 is 0 Å². The lowest BCUT2D eigenvalue weighted by molar-refractivity contribution is 0.420. The van der Waals surface area contributed by atoms with E-state index in [9.17, 15) is 0 Å². The Morgan fingerprint density at radius 1 is 0.650 bits per heavy atom. The SMILES string of the molecule is CCCCCCCC[CH]C(N)(N)CCCCCCCC. The van der Waals surface area contributed by atoms with Crippen LogP contribution in [0.25, 0.3) is 0 Å². The van der Waals surface area contributed by atoms with Gasteiger partial charge in [0.15, 0.2) is 0 Å². The summed E-state index contributed by atoms with van der Waals surface area (Å²) in [4.78, 5) is 0. The maximum atomic E-state index is 6.14. The molecule has 4 N–H and O–H groups in total. The van der Waals surface area contributed by atoms with E-state index < -0.39 is 5.66 Å². The topological polar surface area (TPSA) is 52.0 Å². The molecule has 0 saturated heterocycles. The monoisotopic (exact) mass is 283 g/mol. The Kier molecular flexibility index (Phi) is 13.8. The van der Waals surface area contributed by atoms with Gasteiger partial charge in [-0.2, -0.15) is 0 Å². The Balaban J connectivity index is 3.35. The number of unbranched alkanes of at least 4 members (excludes halogenated alkanes) is 11. The minimum atomic E-state index is -0.534. The number of nitrogens with two attached hydrogens (primary N) is 2. The molecular formula is C18H39N2. The lowest BCUT2D eigenvalue weighted by Gasteiger charge is -2.24. The zero-order valence-corrected chi connectivity index (χ0v) is 14.1. The largest absolute Gasteiger partial charge is 0.313 e. The van der Waals surface area contributed by atoms with Gasteiger partial charge in [-0.15, -0.1) is 0 Å². The highest BCUT2D eigenvalue weighted by Crippen LogP contribution is 2.16. The van der Waals surface area contributed by atoms with Gasteiger partial charge in [-0.05, 0) is 19.3 Å². The summed E-state index contributed by atoms with van der Waals surface area (Å²) in [7, 11) is 0. The van der Waals surface area contributed by atoms with Crippen LogP contribution in [0.2, 0.25) is 0 Å². The van der Waals surface area contributed by atoms with E-state index in [0.717, 1.165) is 12.8 Å². The summed E-state index contributed by atoms with van der Waals surface area (Å²) in [6, 6.07) is 0. The number of rotatable bonds is 15. The van der Waals surface area contributed by atoms with Crippen LogP contribution < -0.4 is 11.5 Å². The highest BCUT2D eigenvalue weighted by molar-refractivity contribution is 4.91. The molecule has 0 aliphatic rings. The summed E-state index contributed by atoms with van der Waals surface area (Å²) in [5, 5.41) is 0. The molecule has 0 atom stereocenters. The number of hydrogen-bond donors (Lipinski definition) is 2. The second-order valence-electron chi connectivity index (χ2n) is 6.39. The third kappa shape index (κ3) is 14.3. The maximum Gasteiger partial charge on any atom is 0.0669 e. The van der Waals surface area contributed by atoms with Gasteiger partial charge in [0.1, 0.15) is 0 Å². The average Bonchev–Trinajstić information content (AvgIpc) is 2.41. The van der Waals surface area contributed by atoms with Crippen molar-refractivity contribution in [3.8, 4) is 0 Å². The smallest absolute Gasteiger partial charge is 0.0669 e. The summed E-state index contributed by atoms with van der Waals surface area (Å²) in [5.74, 6) is 0. The van der Waals surface area contributed by atoms with Crippen molar-refractivity contribution in [3.63, 3.8) is 0 Å². The maximum absolute atomic E-state index is 6.14. The average molecular weight is 284 g/mol. The van der Waals surface area contributed by atoms with Crippen molar-refractivity contribution in [3.05, 3.63) is 6.42 Å². The quantitative estimate of drug-likeness (QED) is 0.316. The highest BCUT2D eigenvalue weighted by Gasteiger charge is 2.17. The minimum Gasteiger partial charge on any atom is -0.313 e. The molecule has 2 nitrogen and oxygen atoms in total. The standard InChI is InChI=1S/C18H39N2/c1-3-5-7-9-11-13-15-17-18(19,20)16-14-12-10-8-6-4-2/h17H,3-16,19-20H2,1-2H3. The van der Waals surface area contributed by atoms with Gasteiger partial charge in [0.05, 0.1) is 5.66 Å². The Bertz CT molecular complexity index is 190. The van der Waals surface area contributed by atoms with Gasteiger partial charge in [0, 0.05) is 0 Å². The van der Waals surface area contributed by atoms with Crippen LogP contribution in [0.4, 0.5) is 0 Å².